The Kier molecular flexibility index (Phi) is 3.25. The molecule has 0 aliphatic rings. The molecule has 4 heteroatoms. The molecule has 21 heavy (non-hydrogen) atoms. The number of hydrogen-bond acceptors (Lipinski definition) is 3. The number of aromatic amines is 1. The zero-order valence-corrected chi connectivity index (χ0v) is 11.6. The summed E-state index contributed by atoms with van der Waals surface area (Å²) in [6.45, 7) is 2.08. The first-order chi connectivity index (χ1) is 10.2. The summed E-state index contributed by atoms with van der Waals surface area (Å²) in [6, 6.07) is 13.4. The number of nitrogens with zero attached hydrogens (tertiary/aromatic N) is 2. The largest absolute Gasteiger partial charge is 0.319 e. The van der Waals surface area contributed by atoms with Crippen molar-refractivity contribution in [2.75, 3.05) is 0 Å². The third-order valence-electron chi connectivity index (χ3n) is 3.53. The zero-order valence-electron chi connectivity index (χ0n) is 11.6. The summed E-state index contributed by atoms with van der Waals surface area (Å²) in [5.74, 6) is 0. The molecule has 0 spiro atoms. The standard InChI is InChI=1S/C17H13N3O/c1-2-11-5-7-12(8-6-11)15-13(10-18)17(21)20-14-4-3-9-19-16(14)15/h3-9H,2H2,1H3,(H,20,21). The molecule has 3 aromatic rings. The van der Waals surface area contributed by atoms with Crippen molar-refractivity contribution in [2.24, 2.45) is 0 Å². The van der Waals surface area contributed by atoms with Crippen molar-refractivity contribution >= 4 is 11.0 Å². The van der Waals surface area contributed by atoms with Crippen molar-refractivity contribution in [3.05, 3.63) is 64.1 Å². The van der Waals surface area contributed by atoms with Crippen molar-refractivity contribution in [3.8, 4) is 17.2 Å². The zero-order chi connectivity index (χ0) is 14.8. The summed E-state index contributed by atoms with van der Waals surface area (Å²) in [4.78, 5) is 19.1. The number of aromatic nitrogens is 2. The van der Waals surface area contributed by atoms with Gasteiger partial charge in [0, 0.05) is 11.8 Å². The molecule has 1 N–H and O–H groups in total. The van der Waals surface area contributed by atoms with E-state index in [1.807, 2.05) is 30.3 Å². The van der Waals surface area contributed by atoms with Gasteiger partial charge in [0.05, 0.1) is 11.0 Å². The maximum absolute atomic E-state index is 12.1. The smallest absolute Gasteiger partial charge is 0.267 e. The van der Waals surface area contributed by atoms with Gasteiger partial charge in [-0.3, -0.25) is 9.78 Å². The average Bonchev–Trinajstić information content (AvgIpc) is 2.53. The van der Waals surface area contributed by atoms with E-state index in [0.717, 1.165) is 12.0 Å². The molecule has 2 aromatic heterocycles. The predicted octanol–water partition coefficient (Wildman–Crippen LogP) is 3.02. The highest BCUT2D eigenvalue weighted by Crippen LogP contribution is 2.27. The minimum Gasteiger partial charge on any atom is -0.319 e. The maximum Gasteiger partial charge on any atom is 0.267 e. The lowest BCUT2D eigenvalue weighted by Gasteiger charge is -2.08. The molecule has 0 aliphatic heterocycles. The molecule has 102 valence electrons. The van der Waals surface area contributed by atoms with Crippen LogP contribution in [-0.4, -0.2) is 9.97 Å². The minimum absolute atomic E-state index is 0.102. The summed E-state index contributed by atoms with van der Waals surface area (Å²) < 4.78 is 0. The number of rotatable bonds is 2. The highest BCUT2D eigenvalue weighted by atomic mass is 16.1. The molecular formula is C17H13N3O. The predicted molar refractivity (Wildman–Crippen MR) is 81.9 cm³/mol. The quantitative estimate of drug-likeness (QED) is 0.781. The highest BCUT2D eigenvalue weighted by molar-refractivity contribution is 5.94. The van der Waals surface area contributed by atoms with Crippen molar-refractivity contribution in [1.29, 1.82) is 5.26 Å². The van der Waals surface area contributed by atoms with Crippen molar-refractivity contribution < 1.29 is 0 Å². The number of nitrogens with one attached hydrogen (secondary N) is 1. The Bertz CT molecular complexity index is 902. The lowest BCUT2D eigenvalue weighted by Crippen LogP contribution is -2.12. The number of benzene rings is 1. The molecule has 3 rings (SSSR count). The fourth-order valence-corrected chi connectivity index (χ4v) is 2.42. The number of pyridine rings is 2. The van der Waals surface area contributed by atoms with Crippen LogP contribution in [0.3, 0.4) is 0 Å². The molecule has 0 atom stereocenters. The molecule has 0 saturated carbocycles. The van der Waals surface area contributed by atoms with Gasteiger partial charge >= 0.3 is 0 Å². The third-order valence-corrected chi connectivity index (χ3v) is 3.53. The Morgan fingerprint density at radius 2 is 2.00 bits per heavy atom. The third kappa shape index (κ3) is 2.19. The van der Waals surface area contributed by atoms with Crippen LogP contribution in [0.25, 0.3) is 22.2 Å². The Morgan fingerprint density at radius 3 is 2.67 bits per heavy atom. The molecule has 0 amide bonds. The Labute approximate surface area is 121 Å². The summed E-state index contributed by atoms with van der Waals surface area (Å²) in [7, 11) is 0. The molecule has 4 nitrogen and oxygen atoms in total. The van der Waals surface area contributed by atoms with E-state index in [2.05, 4.69) is 16.9 Å². The van der Waals surface area contributed by atoms with Gasteiger partial charge in [-0.25, -0.2) is 0 Å². The van der Waals surface area contributed by atoms with Crippen LogP contribution in [-0.2, 0) is 6.42 Å². The van der Waals surface area contributed by atoms with E-state index in [1.54, 1.807) is 18.3 Å². The van der Waals surface area contributed by atoms with Crippen LogP contribution in [0.1, 0.15) is 18.1 Å². The summed E-state index contributed by atoms with van der Waals surface area (Å²) in [6.07, 6.45) is 2.60. The van der Waals surface area contributed by atoms with E-state index >= 15 is 0 Å². The van der Waals surface area contributed by atoms with Crippen molar-refractivity contribution in [2.45, 2.75) is 13.3 Å². The van der Waals surface area contributed by atoms with Crippen LogP contribution in [0.5, 0.6) is 0 Å². The van der Waals surface area contributed by atoms with Crippen LogP contribution in [0, 0.1) is 11.3 Å². The molecular weight excluding hydrogens is 262 g/mol. The van der Waals surface area contributed by atoms with Gasteiger partial charge in [0.15, 0.2) is 0 Å². The van der Waals surface area contributed by atoms with Gasteiger partial charge in [0.25, 0.3) is 5.56 Å². The molecule has 0 aliphatic carbocycles. The van der Waals surface area contributed by atoms with Gasteiger partial charge in [0.2, 0.25) is 0 Å². The van der Waals surface area contributed by atoms with Gasteiger partial charge in [0.1, 0.15) is 11.6 Å². The van der Waals surface area contributed by atoms with Crippen molar-refractivity contribution in [3.63, 3.8) is 0 Å². The first kappa shape index (κ1) is 13.1. The number of nitriles is 1. The number of fused-ring (bicyclic) bond motifs is 1. The second-order valence-electron chi connectivity index (χ2n) is 4.77. The lowest BCUT2D eigenvalue weighted by atomic mass is 9.98. The SMILES string of the molecule is CCc1ccc(-c2c(C#N)c(=O)[nH]c3cccnc23)cc1. The van der Waals surface area contributed by atoms with Gasteiger partial charge < -0.3 is 4.98 Å². The normalized spacial score (nSPS) is 10.5. The number of hydrogen-bond donors (Lipinski definition) is 1. The molecule has 1 aromatic carbocycles. The van der Waals surface area contributed by atoms with E-state index in [0.29, 0.717) is 16.6 Å². The van der Waals surface area contributed by atoms with E-state index in [9.17, 15) is 10.1 Å². The summed E-state index contributed by atoms with van der Waals surface area (Å²) in [5.41, 5.74) is 3.63. The van der Waals surface area contributed by atoms with E-state index < -0.39 is 0 Å². The monoisotopic (exact) mass is 275 g/mol. The number of H-pyrrole nitrogens is 1. The van der Waals surface area contributed by atoms with Crippen molar-refractivity contribution in [1.82, 2.24) is 9.97 Å². The fourth-order valence-electron chi connectivity index (χ4n) is 2.42. The van der Waals surface area contributed by atoms with E-state index in [-0.39, 0.29) is 11.1 Å². The van der Waals surface area contributed by atoms with E-state index in [4.69, 9.17) is 0 Å². The first-order valence-electron chi connectivity index (χ1n) is 6.75. The number of aryl methyl sites for hydroxylation is 1. The Hall–Kier alpha value is -2.93. The maximum atomic E-state index is 12.1. The van der Waals surface area contributed by atoms with Gasteiger partial charge in [-0.1, -0.05) is 31.2 Å². The molecule has 2 heterocycles. The Morgan fingerprint density at radius 1 is 1.24 bits per heavy atom. The van der Waals surface area contributed by atoms with Crippen LogP contribution in [0.2, 0.25) is 0 Å². The fraction of sp³-hybridized carbons (Fsp3) is 0.118. The second-order valence-corrected chi connectivity index (χ2v) is 4.77. The molecule has 0 saturated heterocycles. The van der Waals surface area contributed by atoms with Crippen LogP contribution >= 0.6 is 0 Å². The van der Waals surface area contributed by atoms with Crippen LogP contribution in [0.4, 0.5) is 0 Å². The lowest BCUT2D eigenvalue weighted by molar-refractivity contribution is 1.14. The average molecular weight is 275 g/mol. The first-order valence-corrected chi connectivity index (χ1v) is 6.75. The van der Waals surface area contributed by atoms with Gasteiger partial charge in [-0.2, -0.15) is 5.26 Å². The van der Waals surface area contributed by atoms with Crippen LogP contribution < -0.4 is 5.56 Å². The topological polar surface area (TPSA) is 69.5 Å². The van der Waals surface area contributed by atoms with Gasteiger partial charge in [-0.05, 0) is 29.7 Å². The molecule has 0 unspecified atom stereocenters. The molecule has 0 fully saturated rings. The molecule has 0 bridgehead atoms. The van der Waals surface area contributed by atoms with Gasteiger partial charge in [-0.15, -0.1) is 0 Å². The minimum atomic E-state index is -0.382. The van der Waals surface area contributed by atoms with E-state index in [1.165, 1.54) is 5.56 Å². The summed E-state index contributed by atoms with van der Waals surface area (Å²) >= 11 is 0. The molecule has 0 radical (unpaired) electrons. The second kappa shape index (κ2) is 5.22. The highest BCUT2D eigenvalue weighted by Gasteiger charge is 2.15. The van der Waals surface area contributed by atoms with Crippen LogP contribution in [0.15, 0.2) is 47.4 Å². The summed E-state index contributed by atoms with van der Waals surface area (Å²) in [5, 5.41) is 9.32. The Balaban J connectivity index is 2.38.